The predicted molar refractivity (Wildman–Crippen MR) is 133 cm³/mol. The van der Waals surface area contributed by atoms with Crippen LogP contribution < -0.4 is 14.8 Å². The topological polar surface area (TPSA) is 111 Å². The predicted octanol–water partition coefficient (Wildman–Crippen LogP) is 3.89. The van der Waals surface area contributed by atoms with Crippen LogP contribution in [-0.4, -0.2) is 34.0 Å². The van der Waals surface area contributed by atoms with Gasteiger partial charge in [-0.15, -0.1) is 0 Å². The van der Waals surface area contributed by atoms with Gasteiger partial charge in [0.25, 0.3) is 15.9 Å². The van der Waals surface area contributed by atoms with Gasteiger partial charge < -0.3 is 14.8 Å². The van der Waals surface area contributed by atoms with Crippen LogP contribution in [-0.2, 0) is 26.1 Å². The second-order valence-electron chi connectivity index (χ2n) is 8.04. The SMILES string of the molecule is COc1ccccc1CNC(=O)COC(=O)c1ccccc1NS(=O)(=O)c1c(C)cc(C)cc1C. The number of carbonyl (C=O) groups is 2. The van der Waals surface area contributed by atoms with E-state index in [1.165, 1.54) is 19.2 Å². The number of aryl methyl sites for hydroxylation is 3. The van der Waals surface area contributed by atoms with Crippen LogP contribution in [0.5, 0.6) is 5.75 Å². The minimum absolute atomic E-state index is 0.00368. The van der Waals surface area contributed by atoms with Gasteiger partial charge in [-0.3, -0.25) is 9.52 Å². The Hall–Kier alpha value is -3.85. The van der Waals surface area contributed by atoms with Crippen LogP contribution in [0.2, 0.25) is 0 Å². The minimum Gasteiger partial charge on any atom is -0.496 e. The maximum atomic E-state index is 13.1. The van der Waals surface area contributed by atoms with Gasteiger partial charge in [-0.2, -0.15) is 0 Å². The van der Waals surface area contributed by atoms with Crippen molar-refractivity contribution in [1.29, 1.82) is 0 Å². The molecule has 0 atom stereocenters. The Morgan fingerprint density at radius 2 is 1.54 bits per heavy atom. The van der Waals surface area contributed by atoms with E-state index >= 15 is 0 Å². The van der Waals surface area contributed by atoms with Crippen LogP contribution in [0, 0.1) is 20.8 Å². The van der Waals surface area contributed by atoms with Crippen molar-refractivity contribution in [3.05, 3.63) is 88.5 Å². The highest BCUT2D eigenvalue weighted by molar-refractivity contribution is 7.92. The molecule has 3 aromatic rings. The molecular formula is C26H28N2O6S. The molecule has 0 radical (unpaired) electrons. The van der Waals surface area contributed by atoms with E-state index in [4.69, 9.17) is 9.47 Å². The number of para-hydroxylation sites is 2. The smallest absolute Gasteiger partial charge is 0.340 e. The molecule has 1 amide bonds. The first-order chi connectivity index (χ1) is 16.6. The van der Waals surface area contributed by atoms with Crippen LogP contribution in [0.4, 0.5) is 5.69 Å². The van der Waals surface area contributed by atoms with Crippen molar-refractivity contribution in [1.82, 2.24) is 5.32 Å². The Morgan fingerprint density at radius 1 is 0.914 bits per heavy atom. The molecule has 9 heteroatoms. The molecule has 0 spiro atoms. The van der Waals surface area contributed by atoms with Crippen molar-refractivity contribution in [2.45, 2.75) is 32.2 Å². The summed E-state index contributed by atoms with van der Waals surface area (Å²) in [6, 6.07) is 16.9. The molecule has 0 heterocycles. The zero-order valence-corrected chi connectivity index (χ0v) is 20.9. The van der Waals surface area contributed by atoms with E-state index in [2.05, 4.69) is 10.0 Å². The van der Waals surface area contributed by atoms with Gasteiger partial charge in [0.05, 0.1) is 23.3 Å². The number of rotatable bonds is 9. The molecule has 0 aliphatic heterocycles. The lowest BCUT2D eigenvalue weighted by molar-refractivity contribution is -0.124. The number of amides is 1. The third-order valence-electron chi connectivity index (χ3n) is 5.27. The number of nitrogens with one attached hydrogen (secondary N) is 2. The molecule has 0 aliphatic rings. The van der Waals surface area contributed by atoms with Gasteiger partial charge in [0.2, 0.25) is 0 Å². The fourth-order valence-electron chi connectivity index (χ4n) is 3.84. The first-order valence-electron chi connectivity index (χ1n) is 10.9. The number of benzene rings is 3. The van der Waals surface area contributed by atoms with E-state index in [0.717, 1.165) is 11.1 Å². The molecule has 0 saturated carbocycles. The Morgan fingerprint density at radius 3 is 2.23 bits per heavy atom. The van der Waals surface area contributed by atoms with Gasteiger partial charge in [0.1, 0.15) is 5.75 Å². The van der Waals surface area contributed by atoms with E-state index < -0.39 is 28.5 Å². The van der Waals surface area contributed by atoms with E-state index in [9.17, 15) is 18.0 Å². The Kier molecular flexibility index (Phi) is 8.14. The lowest BCUT2D eigenvalue weighted by atomic mass is 10.1. The molecule has 3 rings (SSSR count). The van der Waals surface area contributed by atoms with Crippen molar-refractivity contribution < 1.29 is 27.5 Å². The third kappa shape index (κ3) is 6.39. The molecule has 3 aromatic carbocycles. The average Bonchev–Trinajstić information content (AvgIpc) is 2.80. The van der Waals surface area contributed by atoms with Crippen LogP contribution in [0.15, 0.2) is 65.6 Å². The average molecular weight is 497 g/mol. The number of carbonyl (C=O) groups excluding carboxylic acids is 2. The number of ether oxygens (including phenoxy) is 2. The van der Waals surface area contributed by atoms with Crippen molar-refractivity contribution in [2.75, 3.05) is 18.4 Å². The Labute approximate surface area is 205 Å². The monoisotopic (exact) mass is 496 g/mol. The van der Waals surface area contributed by atoms with Crippen molar-refractivity contribution in [3.63, 3.8) is 0 Å². The molecule has 8 nitrogen and oxygen atoms in total. The van der Waals surface area contributed by atoms with Gasteiger partial charge in [0.15, 0.2) is 6.61 Å². The Balaban J connectivity index is 1.68. The lowest BCUT2D eigenvalue weighted by Crippen LogP contribution is -2.28. The molecule has 0 aliphatic carbocycles. The second-order valence-corrected chi connectivity index (χ2v) is 9.66. The van der Waals surface area contributed by atoms with Crippen molar-refractivity contribution >= 4 is 27.6 Å². The standard InChI is InChI=1S/C26H28N2O6S/c1-17-13-18(2)25(19(3)14-17)35(31,32)28-22-11-7-6-10-21(22)26(30)34-16-24(29)27-15-20-9-5-8-12-23(20)33-4/h5-14,28H,15-16H2,1-4H3,(H,27,29). The van der Waals surface area contributed by atoms with Gasteiger partial charge in [0, 0.05) is 12.1 Å². The van der Waals surface area contributed by atoms with Crippen molar-refractivity contribution in [3.8, 4) is 5.75 Å². The molecule has 2 N–H and O–H groups in total. The minimum atomic E-state index is -3.97. The van der Waals surface area contributed by atoms with Crippen LogP contribution in [0.3, 0.4) is 0 Å². The summed E-state index contributed by atoms with van der Waals surface area (Å²) < 4.78 is 39.1. The van der Waals surface area contributed by atoms with E-state index in [1.807, 2.05) is 25.1 Å². The number of sulfonamides is 1. The molecule has 0 aromatic heterocycles. The molecular weight excluding hydrogens is 468 g/mol. The summed E-state index contributed by atoms with van der Waals surface area (Å²) in [6.07, 6.45) is 0. The first kappa shape index (κ1) is 25.8. The number of methoxy groups -OCH3 is 1. The van der Waals surface area contributed by atoms with Crippen LogP contribution in [0.25, 0.3) is 0 Å². The highest BCUT2D eigenvalue weighted by Gasteiger charge is 2.23. The maximum Gasteiger partial charge on any atom is 0.340 e. The summed E-state index contributed by atoms with van der Waals surface area (Å²) in [5, 5.41) is 2.66. The normalized spacial score (nSPS) is 11.0. The molecule has 0 unspecified atom stereocenters. The van der Waals surface area contributed by atoms with Gasteiger partial charge >= 0.3 is 5.97 Å². The number of hydrogen-bond acceptors (Lipinski definition) is 6. The quantitative estimate of drug-likeness (QED) is 0.435. The largest absolute Gasteiger partial charge is 0.496 e. The highest BCUT2D eigenvalue weighted by Crippen LogP contribution is 2.26. The first-order valence-corrected chi connectivity index (χ1v) is 12.4. The van der Waals surface area contributed by atoms with Crippen molar-refractivity contribution in [2.24, 2.45) is 0 Å². The van der Waals surface area contributed by atoms with Gasteiger partial charge in [-0.25, -0.2) is 13.2 Å². The summed E-state index contributed by atoms with van der Waals surface area (Å²) in [5.41, 5.74) is 2.98. The third-order valence-corrected chi connectivity index (χ3v) is 6.94. The summed E-state index contributed by atoms with van der Waals surface area (Å²) in [6.45, 7) is 5.01. The van der Waals surface area contributed by atoms with E-state index in [0.29, 0.717) is 16.9 Å². The number of anilines is 1. The van der Waals surface area contributed by atoms with Gasteiger partial charge in [-0.1, -0.05) is 48.0 Å². The van der Waals surface area contributed by atoms with E-state index in [-0.39, 0.29) is 22.7 Å². The summed E-state index contributed by atoms with van der Waals surface area (Å²) in [5.74, 6) is -0.702. The molecule has 35 heavy (non-hydrogen) atoms. The fourth-order valence-corrected chi connectivity index (χ4v) is 5.37. The Bertz CT molecular complexity index is 1330. The second kappa shape index (κ2) is 11.1. The van der Waals surface area contributed by atoms with E-state index in [1.54, 1.807) is 44.2 Å². The molecule has 0 fully saturated rings. The fraction of sp³-hybridized carbons (Fsp3) is 0.231. The number of hydrogen-bond donors (Lipinski definition) is 2. The molecule has 0 bridgehead atoms. The number of esters is 1. The summed E-state index contributed by atoms with van der Waals surface area (Å²) in [7, 11) is -2.44. The summed E-state index contributed by atoms with van der Waals surface area (Å²) >= 11 is 0. The molecule has 184 valence electrons. The van der Waals surface area contributed by atoms with Crippen LogP contribution >= 0.6 is 0 Å². The zero-order chi connectivity index (χ0) is 25.6. The maximum absolute atomic E-state index is 13.1. The van der Waals surface area contributed by atoms with Gasteiger partial charge in [-0.05, 0) is 50.1 Å². The highest BCUT2D eigenvalue weighted by atomic mass is 32.2. The zero-order valence-electron chi connectivity index (χ0n) is 20.0. The van der Waals surface area contributed by atoms with Crippen LogP contribution in [0.1, 0.15) is 32.6 Å². The lowest BCUT2D eigenvalue weighted by Gasteiger charge is -2.16. The summed E-state index contributed by atoms with van der Waals surface area (Å²) in [4.78, 5) is 25.1. The molecule has 0 saturated heterocycles.